The van der Waals surface area contributed by atoms with Gasteiger partial charge in [-0.05, 0) is 48.3 Å². The largest absolute Gasteiger partial charge is 0.512 e. The molecule has 2 aromatic carbocycles. The first-order valence-corrected chi connectivity index (χ1v) is 22.5. The van der Waals surface area contributed by atoms with Gasteiger partial charge in [-0.25, -0.2) is 4.98 Å². The van der Waals surface area contributed by atoms with Crippen molar-refractivity contribution >= 4 is 62.4 Å². The number of rotatable bonds is 14. The molecule has 1 aliphatic rings. The van der Waals surface area contributed by atoms with E-state index in [1.165, 1.54) is 44.8 Å². The number of benzene rings is 2. The Bertz CT molecular complexity index is 1700. The zero-order valence-corrected chi connectivity index (χ0v) is 36.3. The van der Waals surface area contributed by atoms with E-state index in [1.54, 1.807) is 10.8 Å². The van der Waals surface area contributed by atoms with Gasteiger partial charge in [0, 0.05) is 58.5 Å². The zero-order valence-electron chi connectivity index (χ0n) is 31.3. The number of aliphatic hydroxyl groups excluding tert-OH is 1. The molecule has 0 unspecified atom stereocenters. The number of aliphatic hydroxyl groups is 1. The normalized spacial score (nSPS) is 13.0. The fourth-order valence-corrected chi connectivity index (χ4v) is 18.9. The average molecular weight is 894 g/mol. The van der Waals surface area contributed by atoms with Gasteiger partial charge in [0.2, 0.25) is 0 Å². The monoisotopic (exact) mass is 894 g/mol. The van der Waals surface area contributed by atoms with Crippen molar-refractivity contribution in [1.29, 1.82) is 0 Å². The Hall–Kier alpha value is -1.83. The van der Waals surface area contributed by atoms with Crippen molar-refractivity contribution in [3.8, 4) is 11.3 Å². The van der Waals surface area contributed by atoms with E-state index < -0.39 is 8.07 Å². The maximum atomic E-state index is 11.7. The van der Waals surface area contributed by atoms with Crippen molar-refractivity contribution in [3.05, 3.63) is 54.6 Å². The van der Waals surface area contributed by atoms with Crippen LogP contribution < -0.4 is 4.50 Å². The topological polar surface area (TPSA) is 63.1 Å². The summed E-state index contributed by atoms with van der Waals surface area (Å²) in [4.78, 5) is 25.3. The van der Waals surface area contributed by atoms with Crippen molar-refractivity contribution in [2.45, 2.75) is 123 Å². The molecule has 0 fully saturated rings. The molecular formula is C41H57IrN2O2S2Si-. The predicted octanol–water partition coefficient (Wildman–Crippen LogP) is 12.3. The summed E-state index contributed by atoms with van der Waals surface area (Å²) in [7, 11) is -1.75. The van der Waals surface area contributed by atoms with Crippen molar-refractivity contribution in [2.75, 3.05) is 0 Å². The molecule has 49 heavy (non-hydrogen) atoms. The van der Waals surface area contributed by atoms with Crippen LogP contribution in [-0.4, -0.2) is 28.9 Å². The summed E-state index contributed by atoms with van der Waals surface area (Å²) >= 11 is 3.95. The second-order valence-electron chi connectivity index (χ2n) is 14.9. The minimum atomic E-state index is -1.75. The summed E-state index contributed by atoms with van der Waals surface area (Å²) in [5, 5.41) is 13.5. The van der Waals surface area contributed by atoms with E-state index in [2.05, 4.69) is 77.9 Å². The molecule has 1 radical (unpaired) electrons. The van der Waals surface area contributed by atoms with E-state index in [0.29, 0.717) is 17.8 Å². The van der Waals surface area contributed by atoms with E-state index in [0.717, 1.165) is 47.2 Å². The van der Waals surface area contributed by atoms with Gasteiger partial charge in [-0.15, -0.1) is 46.7 Å². The van der Waals surface area contributed by atoms with Gasteiger partial charge >= 0.3 is 0 Å². The fraction of sp³-hybridized carbons (Fsp3) is 0.537. The molecule has 8 heteroatoms. The second-order valence-corrected chi connectivity index (χ2v) is 21.6. The van der Waals surface area contributed by atoms with Crippen LogP contribution in [0.2, 0.25) is 18.1 Å². The van der Waals surface area contributed by atoms with Crippen molar-refractivity contribution in [1.82, 2.24) is 9.97 Å². The van der Waals surface area contributed by atoms with Crippen LogP contribution in [0.1, 0.15) is 94.9 Å². The third-order valence-corrected chi connectivity index (χ3v) is 19.6. The van der Waals surface area contributed by atoms with Crippen molar-refractivity contribution in [3.63, 3.8) is 0 Å². The van der Waals surface area contributed by atoms with Crippen LogP contribution in [0.3, 0.4) is 0 Å². The minimum absolute atomic E-state index is 0. The maximum absolute atomic E-state index is 11.7. The van der Waals surface area contributed by atoms with E-state index in [4.69, 9.17) is 9.97 Å². The van der Waals surface area contributed by atoms with E-state index >= 15 is 0 Å². The molecule has 2 aromatic heterocycles. The summed E-state index contributed by atoms with van der Waals surface area (Å²) in [6, 6.07) is 18.7. The Morgan fingerprint density at radius 1 is 0.878 bits per heavy atom. The molecule has 4 nitrogen and oxygen atoms in total. The van der Waals surface area contributed by atoms with Gasteiger partial charge in [-0.1, -0.05) is 117 Å². The molecule has 1 aliphatic heterocycles. The number of ketones is 1. The summed E-state index contributed by atoms with van der Waals surface area (Å²) in [6.07, 6.45) is 6.67. The molecular weight excluding hydrogens is 837 g/mol. The Labute approximate surface area is 318 Å². The van der Waals surface area contributed by atoms with Gasteiger partial charge in [0.05, 0.1) is 5.76 Å². The first-order valence-electron chi connectivity index (χ1n) is 18.2. The van der Waals surface area contributed by atoms with Crippen molar-refractivity contribution in [2.24, 2.45) is 29.6 Å². The number of fused-ring (bicyclic) bond motifs is 3. The number of hydrogen-bond donors (Lipinski definition) is 1. The Kier molecular flexibility index (Phi) is 15.8. The molecule has 0 spiro atoms. The Balaban J connectivity index is 0.000000347. The second kappa shape index (κ2) is 18.6. The quantitative estimate of drug-likeness (QED) is 0.0521. The van der Waals surface area contributed by atoms with Crippen LogP contribution >= 0.6 is 23.1 Å². The number of nitrogens with zero attached hydrogens (tertiary/aromatic N) is 2. The standard InChI is InChI=1S/C28H33N2S2Si.C13H24O2.Ir/c1-17(2)13-33(14-18(3)4,15-19(5)6)28-26-24-25(29-16-30-27(24)32-28)22-11-20-9-7-8-10-21(20)12-23(22)31-26;1-5-10(6-2)12(14)9-13(15)11(7-3)8-4;/h7-10,12,16-19H,13-15H2,1-6H3;9-11,14H,5-8H2,1-4H3;/q-1;;/b;12-9-;. The van der Waals surface area contributed by atoms with Crippen LogP contribution in [0.15, 0.2) is 58.3 Å². The molecule has 0 amide bonds. The molecule has 0 saturated carbocycles. The summed E-state index contributed by atoms with van der Waals surface area (Å²) < 4.78 is 1.68. The van der Waals surface area contributed by atoms with Crippen LogP contribution in [-0.2, 0) is 24.9 Å². The number of thiophene rings is 1. The number of hydrogen-bond acceptors (Lipinski definition) is 6. The molecule has 4 aromatic rings. The summed E-state index contributed by atoms with van der Waals surface area (Å²) in [5.74, 6) is 2.66. The van der Waals surface area contributed by atoms with Gasteiger partial charge in [0.1, 0.15) is 19.2 Å². The first-order chi connectivity index (χ1) is 22.9. The van der Waals surface area contributed by atoms with E-state index in [1.807, 2.05) is 50.8 Å². The maximum Gasteiger partial charge on any atom is 0.162 e. The number of carbonyl (C=O) groups excluding carboxylic acids is 1. The third-order valence-electron chi connectivity index (χ3n) is 9.61. The molecule has 3 heterocycles. The predicted molar refractivity (Wildman–Crippen MR) is 212 cm³/mol. The van der Waals surface area contributed by atoms with E-state index in [9.17, 15) is 9.90 Å². The van der Waals surface area contributed by atoms with Crippen LogP contribution in [0.5, 0.6) is 0 Å². The molecule has 269 valence electrons. The number of aromatic nitrogens is 2. The smallest absolute Gasteiger partial charge is 0.162 e. The average Bonchev–Trinajstić information content (AvgIpc) is 3.41. The Morgan fingerprint density at radius 2 is 1.45 bits per heavy atom. The Morgan fingerprint density at radius 3 is 2.00 bits per heavy atom. The summed E-state index contributed by atoms with van der Waals surface area (Å²) in [5.41, 5.74) is 2.23. The number of carbonyl (C=O) groups is 1. The van der Waals surface area contributed by atoms with Gasteiger partial charge in [-0.2, -0.15) is 0 Å². The molecule has 0 bridgehead atoms. The molecule has 0 atom stereocenters. The molecule has 0 aliphatic carbocycles. The van der Waals surface area contributed by atoms with Crippen molar-refractivity contribution < 1.29 is 30.0 Å². The first kappa shape index (κ1) is 41.6. The van der Waals surface area contributed by atoms with Gasteiger partial charge in [0.15, 0.2) is 5.78 Å². The van der Waals surface area contributed by atoms with Crippen LogP contribution in [0.4, 0.5) is 0 Å². The van der Waals surface area contributed by atoms with Gasteiger partial charge in [-0.3, -0.25) is 9.78 Å². The fourth-order valence-electron chi connectivity index (χ4n) is 7.71. The van der Waals surface area contributed by atoms with Crippen LogP contribution in [0.25, 0.3) is 32.2 Å². The molecule has 0 saturated heterocycles. The zero-order chi connectivity index (χ0) is 35.2. The van der Waals surface area contributed by atoms with E-state index in [-0.39, 0.29) is 43.5 Å². The molecule has 1 N–H and O–H groups in total. The summed E-state index contributed by atoms with van der Waals surface area (Å²) in [6.45, 7) is 22.5. The van der Waals surface area contributed by atoms with Gasteiger partial charge < -0.3 is 5.11 Å². The molecule has 5 rings (SSSR count). The minimum Gasteiger partial charge on any atom is -0.512 e. The number of allylic oxidation sites excluding steroid dienone is 2. The van der Waals surface area contributed by atoms with Crippen LogP contribution in [0, 0.1) is 35.7 Å². The SMILES string of the molecule is CC(C)C[Si](CC(C)C)(CC(C)C)c1sc2ncnc3c2c1Sc1cc2ccccc2[c-]c1-3.CCC(CC)C(=O)/C=C(\O)C(CC)CC.[Ir]. The van der Waals surface area contributed by atoms with Gasteiger partial charge in [0.25, 0.3) is 0 Å². The third kappa shape index (κ3) is 9.74.